The number of nitrogens with one attached hydrogen (secondary N) is 1. The molecule has 37 heavy (non-hydrogen) atoms. The van der Waals surface area contributed by atoms with Gasteiger partial charge in [0.25, 0.3) is 0 Å². The first-order valence-corrected chi connectivity index (χ1v) is 12.6. The normalized spacial score (nSPS) is 11.4. The zero-order valence-electron chi connectivity index (χ0n) is 21.9. The molecule has 0 aromatic heterocycles. The van der Waals surface area contributed by atoms with Crippen molar-refractivity contribution in [1.29, 1.82) is 0 Å². The van der Waals surface area contributed by atoms with E-state index in [-0.39, 0.29) is 23.3 Å². The van der Waals surface area contributed by atoms with Crippen molar-refractivity contribution >= 4 is 23.3 Å². The van der Waals surface area contributed by atoms with Crippen molar-refractivity contribution in [2.24, 2.45) is 10.2 Å². The molecule has 7 nitrogen and oxygen atoms in total. The third-order valence-electron chi connectivity index (χ3n) is 6.16. The monoisotopic (exact) mass is 501 g/mol. The van der Waals surface area contributed by atoms with Crippen LogP contribution in [0.4, 0.5) is 11.4 Å². The fraction of sp³-hybridized carbons (Fsp3) is 0.333. The number of hydrogen-bond donors (Lipinski definition) is 3. The van der Waals surface area contributed by atoms with Crippen LogP contribution in [0.25, 0.3) is 0 Å². The van der Waals surface area contributed by atoms with Gasteiger partial charge in [0.15, 0.2) is 0 Å². The lowest BCUT2D eigenvalue weighted by Gasteiger charge is -2.17. The number of benzene rings is 3. The highest BCUT2D eigenvalue weighted by atomic mass is 16.4. The van der Waals surface area contributed by atoms with Gasteiger partial charge in [0.2, 0.25) is 5.91 Å². The van der Waals surface area contributed by atoms with Crippen molar-refractivity contribution in [3.8, 4) is 5.75 Å². The fourth-order valence-corrected chi connectivity index (χ4v) is 3.98. The third-order valence-corrected chi connectivity index (χ3v) is 6.16. The highest BCUT2D eigenvalue weighted by Gasteiger charge is 2.15. The maximum absolute atomic E-state index is 12.4. The maximum Gasteiger partial charge on any atom is 0.335 e. The predicted octanol–water partition coefficient (Wildman–Crippen LogP) is 7.39. The van der Waals surface area contributed by atoms with Gasteiger partial charge in [-0.2, -0.15) is 10.2 Å². The molecule has 1 amide bonds. The average molecular weight is 502 g/mol. The molecule has 0 fully saturated rings. The number of carbonyl (C=O) groups is 2. The van der Waals surface area contributed by atoms with E-state index in [2.05, 4.69) is 55.4 Å². The molecule has 3 aromatic rings. The number of carboxylic acids is 1. The number of carboxylic acid groups (broad SMARTS) is 1. The Morgan fingerprint density at radius 2 is 1.32 bits per heavy atom. The minimum Gasteiger partial charge on any atom is -0.507 e. The Morgan fingerprint density at radius 1 is 0.811 bits per heavy atom. The van der Waals surface area contributed by atoms with Crippen LogP contribution < -0.4 is 5.32 Å². The van der Waals surface area contributed by atoms with E-state index in [0.29, 0.717) is 30.1 Å². The summed E-state index contributed by atoms with van der Waals surface area (Å²) in [7, 11) is 0. The summed E-state index contributed by atoms with van der Waals surface area (Å²) in [5, 5.41) is 30.8. The van der Waals surface area contributed by atoms with E-state index in [1.807, 2.05) is 24.3 Å². The second-order valence-corrected chi connectivity index (χ2v) is 9.78. The lowest BCUT2D eigenvalue weighted by atomic mass is 9.90. The van der Waals surface area contributed by atoms with Crippen LogP contribution in [-0.4, -0.2) is 22.1 Å². The zero-order valence-corrected chi connectivity index (χ0v) is 21.9. The summed E-state index contributed by atoms with van der Waals surface area (Å²) in [5.74, 6) is -0.115. The molecule has 0 unspecified atom stereocenters. The van der Waals surface area contributed by atoms with Gasteiger partial charge < -0.3 is 15.5 Å². The molecule has 3 rings (SSSR count). The van der Waals surface area contributed by atoms with Crippen molar-refractivity contribution in [2.75, 3.05) is 0 Å². The van der Waals surface area contributed by atoms with Crippen molar-refractivity contribution in [3.63, 3.8) is 0 Å². The molecule has 0 spiro atoms. The number of azo groups is 1. The maximum atomic E-state index is 12.4. The van der Waals surface area contributed by atoms with Gasteiger partial charge in [-0.3, -0.25) is 4.79 Å². The summed E-state index contributed by atoms with van der Waals surface area (Å²) < 4.78 is 0. The van der Waals surface area contributed by atoms with Gasteiger partial charge >= 0.3 is 5.97 Å². The summed E-state index contributed by atoms with van der Waals surface area (Å²) >= 11 is 0. The highest BCUT2D eigenvalue weighted by Crippen LogP contribution is 2.35. The molecular formula is C30H35N3O4. The quantitative estimate of drug-likeness (QED) is 0.238. The lowest BCUT2D eigenvalue weighted by Crippen LogP contribution is -2.22. The molecule has 194 valence electrons. The van der Waals surface area contributed by atoms with E-state index in [1.54, 1.807) is 12.1 Å². The molecule has 0 aliphatic rings. The molecule has 0 saturated carbocycles. The van der Waals surface area contributed by atoms with Crippen LogP contribution in [0.1, 0.15) is 85.0 Å². The largest absolute Gasteiger partial charge is 0.507 e. The van der Waals surface area contributed by atoms with E-state index in [9.17, 15) is 14.7 Å². The van der Waals surface area contributed by atoms with E-state index >= 15 is 0 Å². The molecule has 0 atom stereocenters. The number of aryl methyl sites for hydroxylation is 1. The zero-order chi connectivity index (χ0) is 26.9. The van der Waals surface area contributed by atoms with E-state index in [4.69, 9.17) is 5.11 Å². The summed E-state index contributed by atoms with van der Waals surface area (Å²) in [6.45, 7) is 8.74. The van der Waals surface area contributed by atoms with Gasteiger partial charge in [0, 0.05) is 13.0 Å². The summed E-state index contributed by atoms with van der Waals surface area (Å²) in [6, 6.07) is 17.7. The predicted molar refractivity (Wildman–Crippen MR) is 145 cm³/mol. The number of phenols is 1. The molecule has 3 N–H and O–H groups in total. The highest BCUT2D eigenvalue weighted by molar-refractivity contribution is 5.87. The van der Waals surface area contributed by atoms with Gasteiger partial charge in [-0.1, -0.05) is 52.0 Å². The Hall–Kier alpha value is -4.00. The Bertz CT molecular complexity index is 1220. The first-order chi connectivity index (χ1) is 17.6. The van der Waals surface area contributed by atoms with Gasteiger partial charge in [0.1, 0.15) is 5.75 Å². The van der Waals surface area contributed by atoms with E-state index in [0.717, 1.165) is 35.1 Å². The number of aromatic hydroxyl groups is 1. The lowest BCUT2D eigenvalue weighted by molar-refractivity contribution is -0.121. The van der Waals surface area contributed by atoms with Crippen molar-refractivity contribution in [1.82, 2.24) is 5.32 Å². The summed E-state index contributed by atoms with van der Waals surface area (Å²) in [6.07, 6.45) is 1.95. The molecule has 0 aliphatic heterocycles. The second-order valence-electron chi connectivity index (χ2n) is 9.78. The Balaban J connectivity index is 1.47. The standard InChI is InChI=1S/C30H35N3O4/c1-19(2)26-16-22(17-27(20(3)4)29(26)35)6-5-7-28(34)31-18-21-8-12-24(13-9-21)32-33-25-14-10-23(11-15-25)30(36)37/h8-17,19-20,35H,5-7,18H2,1-4H3,(H,31,34)(H,36,37)/b33-32+. The molecule has 0 radical (unpaired) electrons. The molecule has 0 aliphatic carbocycles. The van der Waals surface area contributed by atoms with Crippen LogP contribution in [-0.2, 0) is 17.8 Å². The Labute approximate surface area is 218 Å². The van der Waals surface area contributed by atoms with E-state index < -0.39 is 5.97 Å². The van der Waals surface area contributed by atoms with Crippen molar-refractivity contribution < 1.29 is 19.8 Å². The first-order valence-electron chi connectivity index (χ1n) is 12.6. The molecule has 0 bridgehead atoms. The third kappa shape index (κ3) is 8.00. The topological polar surface area (TPSA) is 111 Å². The van der Waals surface area contributed by atoms with Crippen molar-refractivity contribution in [3.05, 3.63) is 88.5 Å². The number of aromatic carboxylic acids is 1. The first kappa shape index (κ1) is 27.6. The van der Waals surface area contributed by atoms with Gasteiger partial charge in [0.05, 0.1) is 16.9 Å². The van der Waals surface area contributed by atoms with Gasteiger partial charge in [-0.25, -0.2) is 4.79 Å². The SMILES string of the molecule is CC(C)c1cc(CCCC(=O)NCc2ccc(/N=N/c3ccc(C(=O)O)cc3)cc2)cc(C(C)C)c1O. The summed E-state index contributed by atoms with van der Waals surface area (Å²) in [5.41, 5.74) is 5.46. The average Bonchev–Trinajstić information content (AvgIpc) is 2.87. The molecule has 0 saturated heterocycles. The molecule has 7 heteroatoms. The van der Waals surface area contributed by atoms with Crippen LogP contribution in [0.15, 0.2) is 70.9 Å². The summed E-state index contributed by atoms with van der Waals surface area (Å²) in [4.78, 5) is 23.3. The number of amides is 1. The van der Waals surface area contributed by atoms with Crippen LogP contribution in [0, 0.1) is 0 Å². The smallest absolute Gasteiger partial charge is 0.335 e. The number of rotatable bonds is 11. The van der Waals surface area contributed by atoms with Crippen molar-refractivity contribution in [2.45, 2.75) is 65.3 Å². The fourth-order valence-electron chi connectivity index (χ4n) is 3.98. The number of phenolic OH excluding ortho intramolecular Hbond substituents is 1. The number of carbonyl (C=O) groups excluding carboxylic acids is 1. The molecule has 0 heterocycles. The van der Waals surface area contributed by atoms with Crippen LogP contribution in [0.2, 0.25) is 0 Å². The van der Waals surface area contributed by atoms with Gasteiger partial charge in [-0.15, -0.1) is 0 Å². The van der Waals surface area contributed by atoms with Crippen LogP contribution >= 0.6 is 0 Å². The number of nitrogens with zero attached hydrogens (tertiary/aromatic N) is 2. The minimum absolute atomic E-state index is 0.000478. The molecular weight excluding hydrogens is 466 g/mol. The Kier molecular flexibility index (Phi) is 9.55. The number of hydrogen-bond acceptors (Lipinski definition) is 5. The van der Waals surface area contributed by atoms with Crippen LogP contribution in [0.3, 0.4) is 0 Å². The second kappa shape index (κ2) is 12.8. The minimum atomic E-state index is -0.982. The van der Waals surface area contributed by atoms with Crippen LogP contribution in [0.5, 0.6) is 5.75 Å². The molecule has 3 aromatic carbocycles. The van der Waals surface area contributed by atoms with Gasteiger partial charge in [-0.05, 0) is 83.3 Å². The Morgan fingerprint density at radius 3 is 1.81 bits per heavy atom. The van der Waals surface area contributed by atoms with E-state index in [1.165, 1.54) is 12.1 Å².